The third-order valence-electron chi connectivity index (χ3n) is 2.20. The van der Waals surface area contributed by atoms with E-state index in [1.165, 1.54) is 20.2 Å². The molecule has 1 N–H and O–H groups in total. The van der Waals surface area contributed by atoms with Crippen molar-refractivity contribution >= 4 is 28.5 Å². The van der Waals surface area contributed by atoms with Crippen molar-refractivity contribution in [3.63, 3.8) is 0 Å². The number of nitrogens with one attached hydrogen (secondary N) is 1. The zero-order valence-electron chi connectivity index (χ0n) is 8.89. The number of imide groups is 1. The molecule has 0 spiro atoms. The van der Waals surface area contributed by atoms with E-state index >= 15 is 0 Å². The zero-order chi connectivity index (χ0) is 11.7. The van der Waals surface area contributed by atoms with E-state index in [-0.39, 0.29) is 11.8 Å². The number of nitrogens with zero attached hydrogens (tertiary/aromatic N) is 3. The van der Waals surface area contributed by atoms with Gasteiger partial charge in [0.15, 0.2) is 0 Å². The summed E-state index contributed by atoms with van der Waals surface area (Å²) in [6.45, 7) is 2.67. The molecule has 82 valence electrons. The Labute approximate surface area is 91.3 Å². The van der Waals surface area contributed by atoms with E-state index in [1.807, 2.05) is 0 Å². The average molecular weight is 218 g/mol. The summed E-state index contributed by atoms with van der Waals surface area (Å²) in [4.78, 5) is 34.6. The van der Waals surface area contributed by atoms with E-state index in [2.05, 4.69) is 15.0 Å². The Bertz CT molecular complexity index is 547. The summed E-state index contributed by atoms with van der Waals surface area (Å²) in [6, 6.07) is 0. The predicted molar refractivity (Wildman–Crippen MR) is 57.7 cm³/mol. The molecule has 0 bridgehead atoms. The Morgan fingerprint density at radius 1 is 1.31 bits per heavy atom. The topological polar surface area (TPSA) is 79.0 Å². The van der Waals surface area contributed by atoms with Crippen LogP contribution < -0.4 is 4.90 Å². The van der Waals surface area contributed by atoms with Crippen LogP contribution in [-0.2, 0) is 9.59 Å². The van der Waals surface area contributed by atoms with Crippen molar-refractivity contribution in [2.45, 2.75) is 13.8 Å². The first-order valence-electron chi connectivity index (χ1n) is 4.69. The van der Waals surface area contributed by atoms with Gasteiger partial charge in [0.25, 0.3) is 0 Å². The molecule has 2 heterocycles. The maximum atomic E-state index is 11.4. The monoisotopic (exact) mass is 218 g/mol. The zero-order valence-corrected chi connectivity index (χ0v) is 8.89. The molecule has 2 aromatic heterocycles. The van der Waals surface area contributed by atoms with E-state index in [9.17, 15) is 9.59 Å². The number of rotatable bonds is 1. The molecular weight excluding hydrogens is 208 g/mol. The molecule has 0 atom stereocenters. The molecule has 0 saturated heterocycles. The van der Waals surface area contributed by atoms with Gasteiger partial charge in [0.1, 0.15) is 12.0 Å². The van der Waals surface area contributed by atoms with Crippen LogP contribution in [0.2, 0.25) is 0 Å². The van der Waals surface area contributed by atoms with Gasteiger partial charge in [-0.25, -0.2) is 14.9 Å². The van der Waals surface area contributed by atoms with Crippen LogP contribution in [0.3, 0.4) is 0 Å². The number of H-pyrrole nitrogens is 1. The van der Waals surface area contributed by atoms with Crippen molar-refractivity contribution in [1.29, 1.82) is 0 Å². The van der Waals surface area contributed by atoms with Gasteiger partial charge in [0.05, 0.1) is 11.1 Å². The minimum atomic E-state index is -0.336. The Balaban J connectivity index is 2.61. The highest BCUT2D eigenvalue weighted by molar-refractivity contribution is 6.17. The third-order valence-corrected chi connectivity index (χ3v) is 2.20. The summed E-state index contributed by atoms with van der Waals surface area (Å²) in [7, 11) is 0. The van der Waals surface area contributed by atoms with Crippen molar-refractivity contribution in [3.05, 3.63) is 18.7 Å². The van der Waals surface area contributed by atoms with Gasteiger partial charge < -0.3 is 4.98 Å². The van der Waals surface area contributed by atoms with Crippen LogP contribution in [0.1, 0.15) is 13.8 Å². The first-order chi connectivity index (χ1) is 7.61. The number of aromatic nitrogens is 3. The molecule has 2 amide bonds. The van der Waals surface area contributed by atoms with Crippen LogP contribution in [0, 0.1) is 0 Å². The minimum Gasteiger partial charge on any atom is -0.344 e. The normalized spacial score (nSPS) is 10.4. The molecular formula is C10H10N4O2. The lowest BCUT2D eigenvalue weighted by Crippen LogP contribution is -2.32. The van der Waals surface area contributed by atoms with Crippen molar-refractivity contribution in [1.82, 2.24) is 15.0 Å². The van der Waals surface area contributed by atoms with Crippen molar-refractivity contribution in [3.8, 4) is 0 Å². The van der Waals surface area contributed by atoms with E-state index < -0.39 is 0 Å². The van der Waals surface area contributed by atoms with Crippen LogP contribution in [0.15, 0.2) is 18.7 Å². The van der Waals surface area contributed by atoms with Crippen LogP contribution >= 0.6 is 0 Å². The highest BCUT2D eigenvalue weighted by atomic mass is 16.2. The van der Waals surface area contributed by atoms with Crippen molar-refractivity contribution < 1.29 is 9.59 Å². The summed E-state index contributed by atoms with van der Waals surface area (Å²) < 4.78 is 0. The molecule has 0 unspecified atom stereocenters. The van der Waals surface area contributed by atoms with Crippen molar-refractivity contribution in [2.24, 2.45) is 0 Å². The van der Waals surface area contributed by atoms with Gasteiger partial charge >= 0.3 is 0 Å². The molecule has 0 aliphatic rings. The summed E-state index contributed by atoms with van der Waals surface area (Å²) in [6.07, 6.45) is 4.53. The number of aromatic amines is 1. The fraction of sp³-hybridized carbons (Fsp3) is 0.200. The molecule has 0 saturated carbocycles. The fourth-order valence-electron chi connectivity index (χ4n) is 1.59. The van der Waals surface area contributed by atoms with E-state index in [4.69, 9.17) is 0 Å². The lowest BCUT2D eigenvalue weighted by Gasteiger charge is -2.15. The molecule has 0 fully saturated rings. The minimum absolute atomic E-state index is 0.336. The molecule has 0 aliphatic carbocycles. The smallest absolute Gasteiger partial charge is 0.230 e. The first kappa shape index (κ1) is 10.3. The number of hydrogen-bond donors (Lipinski definition) is 1. The Kier molecular flexibility index (Phi) is 2.40. The Hall–Kier alpha value is -2.24. The number of hydrogen-bond acceptors (Lipinski definition) is 4. The molecule has 2 aromatic rings. The molecule has 6 nitrogen and oxygen atoms in total. The number of fused-ring (bicyclic) bond motifs is 1. The maximum Gasteiger partial charge on any atom is 0.230 e. The molecule has 6 heteroatoms. The van der Waals surface area contributed by atoms with Gasteiger partial charge in [-0.15, -0.1) is 0 Å². The Morgan fingerprint density at radius 2 is 2.00 bits per heavy atom. The lowest BCUT2D eigenvalue weighted by atomic mass is 10.3. The second-order valence-corrected chi connectivity index (χ2v) is 3.33. The van der Waals surface area contributed by atoms with Crippen LogP contribution in [-0.4, -0.2) is 26.8 Å². The highest BCUT2D eigenvalue weighted by Gasteiger charge is 2.19. The second kappa shape index (κ2) is 3.73. The van der Waals surface area contributed by atoms with Crippen LogP contribution in [0.4, 0.5) is 5.69 Å². The van der Waals surface area contributed by atoms with E-state index in [0.29, 0.717) is 16.7 Å². The molecule has 0 radical (unpaired) electrons. The summed E-state index contributed by atoms with van der Waals surface area (Å²) >= 11 is 0. The molecule has 2 rings (SSSR count). The first-order valence-corrected chi connectivity index (χ1v) is 4.69. The van der Waals surface area contributed by atoms with Crippen molar-refractivity contribution in [2.75, 3.05) is 4.90 Å². The summed E-state index contributed by atoms with van der Waals surface area (Å²) in [5.41, 5.74) is 1.08. The number of amides is 2. The quantitative estimate of drug-likeness (QED) is 0.769. The van der Waals surface area contributed by atoms with E-state index in [1.54, 1.807) is 12.4 Å². The van der Waals surface area contributed by atoms with Gasteiger partial charge in [-0.05, 0) is 0 Å². The van der Waals surface area contributed by atoms with Gasteiger partial charge in [0, 0.05) is 26.2 Å². The third kappa shape index (κ3) is 1.54. The highest BCUT2D eigenvalue weighted by Crippen LogP contribution is 2.24. The molecule has 16 heavy (non-hydrogen) atoms. The predicted octanol–water partition coefficient (Wildman–Crippen LogP) is 0.857. The number of carbonyl (C=O) groups is 2. The van der Waals surface area contributed by atoms with Gasteiger partial charge in [-0.1, -0.05) is 0 Å². The average Bonchev–Trinajstić information content (AvgIpc) is 2.61. The number of anilines is 1. The maximum absolute atomic E-state index is 11.4. The molecule has 0 aromatic carbocycles. The largest absolute Gasteiger partial charge is 0.344 e. The van der Waals surface area contributed by atoms with Gasteiger partial charge in [0.2, 0.25) is 11.8 Å². The standard InChI is InChI=1S/C10H10N4O2/c1-6(15)14(7(2)16)9-4-12-10-8(9)3-11-5-13-10/h3-5H,1-2H3,(H,11,12,13). The van der Waals surface area contributed by atoms with E-state index in [0.717, 1.165) is 4.90 Å². The van der Waals surface area contributed by atoms with Gasteiger partial charge in [-0.3, -0.25) is 9.59 Å². The fourth-order valence-corrected chi connectivity index (χ4v) is 1.59. The second-order valence-electron chi connectivity index (χ2n) is 3.33. The summed E-state index contributed by atoms with van der Waals surface area (Å²) in [5, 5.41) is 0.646. The lowest BCUT2D eigenvalue weighted by molar-refractivity contribution is -0.124. The summed E-state index contributed by atoms with van der Waals surface area (Å²) in [5.74, 6) is -0.672. The van der Waals surface area contributed by atoms with Crippen LogP contribution in [0.25, 0.3) is 11.0 Å². The number of carbonyl (C=O) groups excluding carboxylic acids is 2. The Morgan fingerprint density at radius 3 is 2.62 bits per heavy atom. The van der Waals surface area contributed by atoms with Crippen LogP contribution in [0.5, 0.6) is 0 Å². The molecule has 0 aliphatic heterocycles. The SMILES string of the molecule is CC(=O)N(C(C)=O)c1c[nH]c2ncncc12. The van der Waals surface area contributed by atoms with Gasteiger partial charge in [-0.2, -0.15) is 0 Å².